The first-order chi connectivity index (χ1) is 9.92. The number of benzene rings is 1. The lowest BCUT2D eigenvalue weighted by Gasteiger charge is -2.36. The van der Waals surface area contributed by atoms with E-state index >= 15 is 0 Å². The fourth-order valence-electron chi connectivity index (χ4n) is 3.11. The Bertz CT molecular complexity index is 453. The van der Waals surface area contributed by atoms with Crippen LogP contribution >= 0.6 is 0 Å². The quantitative estimate of drug-likeness (QED) is 0.840. The van der Waals surface area contributed by atoms with Crippen molar-refractivity contribution in [1.29, 1.82) is 0 Å². The average Bonchev–Trinajstić information content (AvgIpc) is 2.43. The molecule has 0 aromatic heterocycles. The van der Waals surface area contributed by atoms with Gasteiger partial charge in [-0.05, 0) is 51.3 Å². The minimum atomic E-state index is -0.0990. The second-order valence-electron chi connectivity index (χ2n) is 6.90. The van der Waals surface area contributed by atoms with Gasteiger partial charge in [0.05, 0.1) is 31.0 Å². The molecule has 3 nitrogen and oxygen atoms in total. The maximum Gasteiger partial charge on any atom is 0.0776 e. The van der Waals surface area contributed by atoms with Gasteiger partial charge in [0.2, 0.25) is 0 Å². The van der Waals surface area contributed by atoms with E-state index < -0.39 is 0 Å². The van der Waals surface area contributed by atoms with Crippen LogP contribution in [0, 0.1) is 0 Å². The molecule has 0 saturated heterocycles. The number of likely N-dealkylation sites (N-methyl/N-ethyl adjacent to an activating group) is 1. The standard InChI is InChI=1S/C18H29NO2/c1-13-12-16(20-10-11-21-18(2,3)4)17(19-5)15-9-7-6-8-14(13)15/h6-9,13,16-17,19H,10-12H2,1-5H3. The summed E-state index contributed by atoms with van der Waals surface area (Å²) in [5.74, 6) is 0.541. The molecule has 1 aliphatic carbocycles. The molecule has 0 aliphatic heterocycles. The topological polar surface area (TPSA) is 30.5 Å². The van der Waals surface area contributed by atoms with Gasteiger partial charge in [0.1, 0.15) is 0 Å². The summed E-state index contributed by atoms with van der Waals surface area (Å²) in [4.78, 5) is 0. The van der Waals surface area contributed by atoms with Crippen LogP contribution in [0.25, 0.3) is 0 Å². The van der Waals surface area contributed by atoms with E-state index in [1.807, 2.05) is 7.05 Å². The van der Waals surface area contributed by atoms with Crippen molar-refractivity contribution in [2.24, 2.45) is 0 Å². The molecule has 2 rings (SSSR count). The number of rotatable bonds is 5. The summed E-state index contributed by atoms with van der Waals surface area (Å²) < 4.78 is 11.9. The second kappa shape index (κ2) is 6.91. The van der Waals surface area contributed by atoms with E-state index in [0.717, 1.165) is 6.42 Å². The van der Waals surface area contributed by atoms with E-state index in [0.29, 0.717) is 19.1 Å². The van der Waals surface area contributed by atoms with Gasteiger partial charge in [-0.15, -0.1) is 0 Å². The van der Waals surface area contributed by atoms with E-state index in [1.165, 1.54) is 11.1 Å². The molecule has 1 N–H and O–H groups in total. The monoisotopic (exact) mass is 291 g/mol. The summed E-state index contributed by atoms with van der Waals surface area (Å²) in [5.41, 5.74) is 2.72. The van der Waals surface area contributed by atoms with E-state index in [2.05, 4.69) is 57.3 Å². The van der Waals surface area contributed by atoms with Gasteiger partial charge >= 0.3 is 0 Å². The van der Waals surface area contributed by atoms with Crippen molar-refractivity contribution >= 4 is 0 Å². The Morgan fingerprint density at radius 2 is 1.81 bits per heavy atom. The van der Waals surface area contributed by atoms with Crippen LogP contribution in [0.4, 0.5) is 0 Å². The van der Waals surface area contributed by atoms with E-state index in [1.54, 1.807) is 0 Å². The van der Waals surface area contributed by atoms with E-state index in [-0.39, 0.29) is 17.7 Å². The zero-order chi connectivity index (χ0) is 15.5. The highest BCUT2D eigenvalue weighted by atomic mass is 16.5. The highest BCUT2D eigenvalue weighted by Gasteiger charge is 2.32. The van der Waals surface area contributed by atoms with Crippen molar-refractivity contribution in [2.75, 3.05) is 20.3 Å². The van der Waals surface area contributed by atoms with E-state index in [9.17, 15) is 0 Å². The molecule has 1 aromatic carbocycles. The van der Waals surface area contributed by atoms with Crippen LogP contribution < -0.4 is 5.32 Å². The largest absolute Gasteiger partial charge is 0.374 e. The number of hydrogen-bond donors (Lipinski definition) is 1. The van der Waals surface area contributed by atoms with Crippen molar-refractivity contribution in [3.63, 3.8) is 0 Å². The zero-order valence-corrected chi connectivity index (χ0v) is 14.0. The van der Waals surface area contributed by atoms with Crippen molar-refractivity contribution in [3.05, 3.63) is 35.4 Å². The van der Waals surface area contributed by atoms with Crippen molar-refractivity contribution < 1.29 is 9.47 Å². The second-order valence-corrected chi connectivity index (χ2v) is 6.90. The molecular formula is C18H29NO2. The molecule has 0 radical (unpaired) electrons. The summed E-state index contributed by atoms with van der Waals surface area (Å²) >= 11 is 0. The Morgan fingerprint density at radius 1 is 1.14 bits per heavy atom. The molecule has 3 atom stereocenters. The number of ether oxygens (including phenoxy) is 2. The highest BCUT2D eigenvalue weighted by molar-refractivity contribution is 5.36. The number of fused-ring (bicyclic) bond motifs is 1. The lowest BCUT2D eigenvalue weighted by Crippen LogP contribution is -2.38. The first-order valence-corrected chi connectivity index (χ1v) is 7.94. The fraction of sp³-hybridized carbons (Fsp3) is 0.667. The van der Waals surface area contributed by atoms with Crippen LogP contribution in [0.2, 0.25) is 0 Å². The molecular weight excluding hydrogens is 262 g/mol. The molecule has 0 saturated carbocycles. The Labute approximate surface area is 129 Å². The van der Waals surface area contributed by atoms with Gasteiger partial charge < -0.3 is 14.8 Å². The normalized spacial score (nSPS) is 25.7. The zero-order valence-electron chi connectivity index (χ0n) is 14.0. The third-order valence-corrected chi connectivity index (χ3v) is 4.08. The lowest BCUT2D eigenvalue weighted by molar-refractivity contribution is -0.0626. The van der Waals surface area contributed by atoms with Gasteiger partial charge in [-0.2, -0.15) is 0 Å². The van der Waals surface area contributed by atoms with E-state index in [4.69, 9.17) is 9.47 Å². The highest BCUT2D eigenvalue weighted by Crippen LogP contribution is 2.38. The summed E-state index contributed by atoms with van der Waals surface area (Å²) in [5, 5.41) is 3.42. The molecule has 1 aromatic rings. The molecule has 3 unspecified atom stereocenters. The maximum atomic E-state index is 6.12. The smallest absolute Gasteiger partial charge is 0.0776 e. The Morgan fingerprint density at radius 3 is 2.43 bits per heavy atom. The first-order valence-electron chi connectivity index (χ1n) is 7.94. The predicted octanol–water partition coefficient (Wildman–Crippen LogP) is 3.65. The maximum absolute atomic E-state index is 6.12. The van der Waals surface area contributed by atoms with Crippen molar-refractivity contribution in [3.8, 4) is 0 Å². The number of hydrogen-bond acceptors (Lipinski definition) is 3. The van der Waals surface area contributed by atoms with Crippen molar-refractivity contribution in [1.82, 2.24) is 5.32 Å². The predicted molar refractivity (Wildman–Crippen MR) is 86.7 cm³/mol. The Kier molecular flexibility index (Phi) is 5.42. The minimum Gasteiger partial charge on any atom is -0.374 e. The molecule has 0 heterocycles. The summed E-state index contributed by atoms with van der Waals surface area (Å²) in [6, 6.07) is 8.96. The molecule has 0 amide bonds. The summed E-state index contributed by atoms with van der Waals surface area (Å²) in [6.07, 6.45) is 1.27. The van der Waals surface area contributed by atoms with Crippen molar-refractivity contribution in [2.45, 2.75) is 57.8 Å². The number of nitrogens with one attached hydrogen (secondary N) is 1. The third-order valence-electron chi connectivity index (χ3n) is 4.08. The lowest BCUT2D eigenvalue weighted by atomic mass is 9.79. The van der Waals surface area contributed by atoms with Crippen LogP contribution in [0.3, 0.4) is 0 Å². The Hall–Kier alpha value is -0.900. The van der Waals surface area contributed by atoms with Crippen LogP contribution in [0.1, 0.15) is 57.2 Å². The SMILES string of the molecule is CNC1c2ccccc2C(C)CC1OCCOC(C)(C)C. The van der Waals surface area contributed by atoms with Crippen LogP contribution in [0.15, 0.2) is 24.3 Å². The van der Waals surface area contributed by atoms with Gasteiger partial charge in [-0.25, -0.2) is 0 Å². The van der Waals surface area contributed by atoms with Gasteiger partial charge in [-0.1, -0.05) is 31.2 Å². The van der Waals surface area contributed by atoms with Gasteiger partial charge in [0.15, 0.2) is 0 Å². The molecule has 0 spiro atoms. The minimum absolute atomic E-state index is 0.0990. The van der Waals surface area contributed by atoms with Gasteiger partial charge in [0.25, 0.3) is 0 Å². The molecule has 0 bridgehead atoms. The van der Waals surface area contributed by atoms with Gasteiger partial charge in [0, 0.05) is 0 Å². The molecule has 1 aliphatic rings. The molecule has 21 heavy (non-hydrogen) atoms. The Balaban J connectivity index is 1.98. The molecule has 0 fully saturated rings. The van der Waals surface area contributed by atoms with Crippen LogP contribution in [0.5, 0.6) is 0 Å². The average molecular weight is 291 g/mol. The third kappa shape index (κ3) is 4.29. The molecule has 118 valence electrons. The first kappa shape index (κ1) is 16.5. The summed E-state index contributed by atoms with van der Waals surface area (Å²) in [6.45, 7) is 9.79. The fourth-order valence-corrected chi connectivity index (χ4v) is 3.11. The van der Waals surface area contributed by atoms with Crippen LogP contribution in [-0.2, 0) is 9.47 Å². The van der Waals surface area contributed by atoms with Gasteiger partial charge in [-0.3, -0.25) is 0 Å². The summed E-state index contributed by atoms with van der Waals surface area (Å²) in [7, 11) is 2.01. The van der Waals surface area contributed by atoms with Crippen LogP contribution in [-0.4, -0.2) is 32.0 Å². The molecule has 3 heteroatoms.